The number of carboxylic acid groups (broad SMARTS) is 1. The maximum Gasteiger partial charge on any atom is 0.303 e. The summed E-state index contributed by atoms with van der Waals surface area (Å²) in [5.41, 5.74) is -0.533. The van der Waals surface area contributed by atoms with Gasteiger partial charge in [-0.05, 0) is 12.3 Å². The first-order valence-corrected chi connectivity index (χ1v) is 6.50. The number of carbonyl (C=O) groups excluding carboxylic acids is 1. The number of nitrogens with zero attached hydrogens (tertiary/aromatic N) is 1. The lowest BCUT2D eigenvalue weighted by Gasteiger charge is -2.21. The molecule has 1 aromatic rings. The van der Waals surface area contributed by atoms with Gasteiger partial charge in [0.05, 0.1) is 13.0 Å². The molecule has 0 aromatic carbocycles. The Bertz CT molecular complexity index is 440. The summed E-state index contributed by atoms with van der Waals surface area (Å²) in [5, 5.41) is 12.3. The molecule has 0 atom stereocenters. The maximum atomic E-state index is 11.7. The van der Waals surface area contributed by atoms with Crippen LogP contribution < -0.4 is 5.32 Å². The van der Waals surface area contributed by atoms with Crippen LogP contribution in [0.15, 0.2) is 6.20 Å². The van der Waals surface area contributed by atoms with Crippen LogP contribution in [-0.4, -0.2) is 22.0 Å². The predicted molar refractivity (Wildman–Crippen MR) is 69.3 cm³/mol. The van der Waals surface area contributed by atoms with Crippen LogP contribution in [0.2, 0.25) is 0 Å². The van der Waals surface area contributed by atoms with Crippen molar-refractivity contribution < 1.29 is 14.7 Å². The lowest BCUT2D eigenvalue weighted by molar-refractivity contribution is -0.139. The first-order valence-electron chi connectivity index (χ1n) is 5.68. The average Bonchev–Trinajstić information content (AvgIpc) is 2.58. The zero-order valence-electron chi connectivity index (χ0n) is 10.8. The minimum atomic E-state index is -0.886. The summed E-state index contributed by atoms with van der Waals surface area (Å²) >= 11 is 1.54. The molecular formula is C12H18N2O3S. The molecular weight excluding hydrogens is 252 g/mol. The Morgan fingerprint density at radius 1 is 1.44 bits per heavy atom. The van der Waals surface area contributed by atoms with Crippen LogP contribution in [0.25, 0.3) is 0 Å². The highest BCUT2D eigenvalue weighted by Gasteiger charge is 2.25. The smallest absolute Gasteiger partial charge is 0.303 e. The lowest BCUT2D eigenvalue weighted by Crippen LogP contribution is -2.29. The van der Waals surface area contributed by atoms with Gasteiger partial charge in [0, 0.05) is 17.5 Å². The summed E-state index contributed by atoms with van der Waals surface area (Å²) in [4.78, 5) is 27.6. The fourth-order valence-corrected chi connectivity index (χ4v) is 2.35. The van der Waals surface area contributed by atoms with Crippen molar-refractivity contribution in [2.45, 2.75) is 40.2 Å². The van der Waals surface area contributed by atoms with Crippen LogP contribution in [0, 0.1) is 12.3 Å². The third kappa shape index (κ3) is 5.27. The van der Waals surface area contributed by atoms with Gasteiger partial charge in [-0.2, -0.15) is 0 Å². The van der Waals surface area contributed by atoms with Gasteiger partial charge < -0.3 is 10.4 Å². The second-order valence-corrected chi connectivity index (χ2v) is 6.37. The molecule has 0 aliphatic rings. The van der Waals surface area contributed by atoms with Crippen LogP contribution in [-0.2, 0) is 16.1 Å². The van der Waals surface area contributed by atoms with E-state index >= 15 is 0 Å². The standard InChI is InChI=1S/C12H18N2O3S/c1-8-6-14-10(18-8)7-13-9(15)4-12(2,3)5-11(16)17/h6H,4-5,7H2,1-3H3,(H,13,15)(H,16,17). The van der Waals surface area contributed by atoms with E-state index < -0.39 is 11.4 Å². The maximum absolute atomic E-state index is 11.7. The highest BCUT2D eigenvalue weighted by molar-refractivity contribution is 7.11. The third-order valence-corrected chi connectivity index (χ3v) is 3.29. The van der Waals surface area contributed by atoms with Crippen molar-refractivity contribution in [2.24, 2.45) is 5.41 Å². The number of nitrogens with one attached hydrogen (secondary N) is 1. The van der Waals surface area contributed by atoms with Crippen LogP contribution in [0.3, 0.4) is 0 Å². The molecule has 0 saturated heterocycles. The molecule has 0 bridgehead atoms. The van der Waals surface area contributed by atoms with Gasteiger partial charge in [-0.3, -0.25) is 9.59 Å². The fourth-order valence-electron chi connectivity index (χ4n) is 1.63. The van der Waals surface area contributed by atoms with E-state index in [-0.39, 0.29) is 18.7 Å². The minimum Gasteiger partial charge on any atom is -0.481 e. The molecule has 0 spiro atoms. The molecule has 5 nitrogen and oxygen atoms in total. The van der Waals surface area contributed by atoms with Crippen molar-refractivity contribution in [1.29, 1.82) is 0 Å². The molecule has 100 valence electrons. The molecule has 1 rings (SSSR count). The number of aromatic nitrogens is 1. The molecule has 0 fully saturated rings. The van der Waals surface area contributed by atoms with Crippen molar-refractivity contribution in [3.05, 3.63) is 16.1 Å². The zero-order chi connectivity index (χ0) is 13.8. The zero-order valence-corrected chi connectivity index (χ0v) is 11.6. The summed E-state index contributed by atoms with van der Waals surface area (Å²) < 4.78 is 0. The molecule has 0 aliphatic carbocycles. The van der Waals surface area contributed by atoms with Crippen molar-refractivity contribution >= 4 is 23.2 Å². The van der Waals surface area contributed by atoms with Gasteiger partial charge in [0.15, 0.2) is 0 Å². The number of amides is 1. The van der Waals surface area contributed by atoms with Crippen molar-refractivity contribution in [2.75, 3.05) is 0 Å². The average molecular weight is 270 g/mol. The van der Waals surface area contributed by atoms with Gasteiger partial charge in [-0.25, -0.2) is 4.98 Å². The Labute approximate surface area is 110 Å². The highest BCUT2D eigenvalue weighted by Crippen LogP contribution is 2.24. The molecule has 1 aromatic heterocycles. The number of aliphatic carboxylic acids is 1. The summed E-state index contributed by atoms with van der Waals surface area (Å²) in [6, 6.07) is 0. The van der Waals surface area contributed by atoms with E-state index in [1.807, 2.05) is 6.92 Å². The molecule has 1 heterocycles. The van der Waals surface area contributed by atoms with E-state index in [2.05, 4.69) is 10.3 Å². The number of carboxylic acids is 1. The van der Waals surface area contributed by atoms with E-state index in [0.29, 0.717) is 6.54 Å². The molecule has 2 N–H and O–H groups in total. The Kier molecular flexibility index (Phi) is 4.84. The van der Waals surface area contributed by atoms with Gasteiger partial charge in [-0.15, -0.1) is 11.3 Å². The topological polar surface area (TPSA) is 79.3 Å². The Morgan fingerprint density at radius 2 is 2.11 bits per heavy atom. The van der Waals surface area contributed by atoms with Crippen molar-refractivity contribution in [1.82, 2.24) is 10.3 Å². The fraction of sp³-hybridized carbons (Fsp3) is 0.583. The highest BCUT2D eigenvalue weighted by atomic mass is 32.1. The Balaban J connectivity index is 2.39. The lowest BCUT2D eigenvalue weighted by atomic mass is 9.85. The normalized spacial score (nSPS) is 11.3. The molecule has 0 radical (unpaired) electrons. The number of aryl methyl sites for hydroxylation is 1. The first-order chi connectivity index (χ1) is 8.28. The second kappa shape index (κ2) is 5.95. The SMILES string of the molecule is Cc1cnc(CNC(=O)CC(C)(C)CC(=O)O)s1. The van der Waals surface area contributed by atoms with Gasteiger partial charge in [-0.1, -0.05) is 13.8 Å². The van der Waals surface area contributed by atoms with E-state index in [9.17, 15) is 9.59 Å². The van der Waals surface area contributed by atoms with Gasteiger partial charge in [0.2, 0.25) is 5.91 Å². The number of rotatable bonds is 6. The minimum absolute atomic E-state index is 0.0171. The Hall–Kier alpha value is -1.43. The summed E-state index contributed by atoms with van der Waals surface area (Å²) in [6.07, 6.45) is 1.95. The van der Waals surface area contributed by atoms with Crippen LogP contribution in [0.1, 0.15) is 36.6 Å². The molecule has 0 saturated carbocycles. The number of hydrogen-bond acceptors (Lipinski definition) is 4. The predicted octanol–water partition coefficient (Wildman–Crippen LogP) is 1.96. The quantitative estimate of drug-likeness (QED) is 0.828. The van der Waals surface area contributed by atoms with E-state index in [4.69, 9.17) is 5.11 Å². The first kappa shape index (κ1) is 14.6. The van der Waals surface area contributed by atoms with Gasteiger partial charge >= 0.3 is 5.97 Å². The van der Waals surface area contributed by atoms with E-state index in [0.717, 1.165) is 9.88 Å². The van der Waals surface area contributed by atoms with Gasteiger partial charge in [0.1, 0.15) is 5.01 Å². The largest absolute Gasteiger partial charge is 0.481 e. The summed E-state index contributed by atoms with van der Waals surface area (Å²) in [5.74, 6) is -1.03. The third-order valence-electron chi connectivity index (χ3n) is 2.37. The number of thiazole rings is 1. The number of hydrogen-bond donors (Lipinski definition) is 2. The van der Waals surface area contributed by atoms with Crippen molar-refractivity contribution in [3.63, 3.8) is 0 Å². The van der Waals surface area contributed by atoms with Crippen molar-refractivity contribution in [3.8, 4) is 0 Å². The number of carbonyl (C=O) groups is 2. The van der Waals surface area contributed by atoms with Gasteiger partial charge in [0.25, 0.3) is 0 Å². The van der Waals surface area contributed by atoms with E-state index in [1.165, 1.54) is 11.3 Å². The molecule has 1 amide bonds. The molecule has 6 heteroatoms. The monoisotopic (exact) mass is 270 g/mol. The van der Waals surface area contributed by atoms with Crippen LogP contribution in [0.5, 0.6) is 0 Å². The van der Waals surface area contributed by atoms with E-state index in [1.54, 1.807) is 20.0 Å². The van der Waals surface area contributed by atoms with Crippen LogP contribution in [0.4, 0.5) is 0 Å². The van der Waals surface area contributed by atoms with Crippen LogP contribution >= 0.6 is 11.3 Å². The Morgan fingerprint density at radius 3 is 2.61 bits per heavy atom. The molecule has 18 heavy (non-hydrogen) atoms. The summed E-state index contributed by atoms with van der Waals surface area (Å²) in [7, 11) is 0. The summed E-state index contributed by atoms with van der Waals surface area (Å²) in [6.45, 7) is 5.90. The molecule has 0 unspecified atom stereocenters. The molecule has 0 aliphatic heterocycles. The second-order valence-electron chi connectivity index (χ2n) is 5.05.